The van der Waals surface area contributed by atoms with E-state index >= 15 is 0 Å². The molecule has 7 heteroatoms. The van der Waals surface area contributed by atoms with Crippen LogP contribution in [0.25, 0.3) is 0 Å². The first-order chi connectivity index (χ1) is 15.6. The van der Waals surface area contributed by atoms with Crippen molar-refractivity contribution in [2.75, 3.05) is 39.4 Å². The van der Waals surface area contributed by atoms with Gasteiger partial charge in [0, 0.05) is 43.2 Å². The highest BCUT2D eigenvalue weighted by molar-refractivity contribution is 5.82. The van der Waals surface area contributed by atoms with Crippen LogP contribution in [0.5, 0.6) is 0 Å². The van der Waals surface area contributed by atoms with E-state index in [4.69, 9.17) is 4.74 Å². The zero-order valence-electron chi connectivity index (χ0n) is 19.8. The van der Waals surface area contributed by atoms with E-state index in [1.807, 2.05) is 0 Å². The van der Waals surface area contributed by atoms with E-state index in [2.05, 4.69) is 27.4 Å². The maximum atomic E-state index is 14.4. The standard InChI is InChI=1S/C25H43FN4O2/c1-17-5-6-22(26)21-16-23(28-24(17)21)25(31)27-18-3-2-4-20(15-18)29-9-7-19(8-10-29)30-11-13-32-14-12-30/h17-24,28H,2-16H2,1H3,(H,27,31). The molecule has 3 aliphatic heterocycles. The molecule has 0 radical (unpaired) electrons. The van der Waals surface area contributed by atoms with E-state index in [1.54, 1.807) is 0 Å². The first kappa shape index (κ1) is 23.0. The van der Waals surface area contributed by atoms with Gasteiger partial charge in [0.2, 0.25) is 5.91 Å². The van der Waals surface area contributed by atoms with Crippen molar-refractivity contribution in [3.8, 4) is 0 Å². The van der Waals surface area contributed by atoms with Crippen molar-refractivity contribution in [3.05, 3.63) is 0 Å². The minimum absolute atomic E-state index is 0.0152. The summed E-state index contributed by atoms with van der Waals surface area (Å²) in [4.78, 5) is 18.4. The molecule has 6 nitrogen and oxygen atoms in total. The lowest BCUT2D eigenvalue weighted by atomic mass is 9.77. The molecule has 0 bridgehead atoms. The number of amides is 1. The summed E-state index contributed by atoms with van der Waals surface area (Å²) in [6.07, 6.45) is 8.59. The smallest absolute Gasteiger partial charge is 0.237 e. The number of fused-ring (bicyclic) bond motifs is 1. The summed E-state index contributed by atoms with van der Waals surface area (Å²) in [5.41, 5.74) is 0. The van der Waals surface area contributed by atoms with Gasteiger partial charge in [-0.2, -0.15) is 0 Å². The van der Waals surface area contributed by atoms with Crippen molar-refractivity contribution in [3.63, 3.8) is 0 Å². The monoisotopic (exact) mass is 450 g/mol. The van der Waals surface area contributed by atoms with Crippen LogP contribution in [0.3, 0.4) is 0 Å². The number of carbonyl (C=O) groups excluding carboxylic acids is 1. The summed E-state index contributed by atoms with van der Waals surface area (Å²) in [5.74, 6) is 0.584. The summed E-state index contributed by atoms with van der Waals surface area (Å²) >= 11 is 0. The van der Waals surface area contributed by atoms with Gasteiger partial charge in [0.05, 0.1) is 19.3 Å². The molecular formula is C25H43FN4O2. The molecule has 0 aromatic heterocycles. The van der Waals surface area contributed by atoms with Gasteiger partial charge >= 0.3 is 0 Å². The van der Waals surface area contributed by atoms with Crippen LogP contribution in [0.4, 0.5) is 4.39 Å². The lowest BCUT2D eigenvalue weighted by Gasteiger charge is -2.44. The minimum Gasteiger partial charge on any atom is -0.379 e. The summed E-state index contributed by atoms with van der Waals surface area (Å²) < 4.78 is 19.9. The van der Waals surface area contributed by atoms with Crippen LogP contribution >= 0.6 is 0 Å². The second-order valence-corrected chi connectivity index (χ2v) is 11.2. The Morgan fingerprint density at radius 2 is 1.69 bits per heavy atom. The number of alkyl halides is 1. The molecule has 0 aromatic carbocycles. The first-order valence-electron chi connectivity index (χ1n) is 13.3. The number of nitrogens with zero attached hydrogens (tertiary/aromatic N) is 2. The minimum atomic E-state index is -0.749. The van der Waals surface area contributed by atoms with Gasteiger partial charge in [-0.3, -0.25) is 9.69 Å². The number of ether oxygens (including phenoxy) is 1. The number of rotatable bonds is 4. The van der Waals surface area contributed by atoms with Crippen LogP contribution in [0, 0.1) is 11.8 Å². The highest BCUT2D eigenvalue weighted by atomic mass is 19.1. The highest BCUT2D eigenvalue weighted by Crippen LogP contribution is 2.38. The van der Waals surface area contributed by atoms with Crippen molar-refractivity contribution in [1.29, 1.82) is 0 Å². The fourth-order valence-electron chi connectivity index (χ4n) is 7.29. The molecule has 3 saturated heterocycles. The Morgan fingerprint density at radius 3 is 2.44 bits per heavy atom. The van der Waals surface area contributed by atoms with E-state index in [0.717, 1.165) is 45.6 Å². The Bertz CT molecular complexity index is 619. The van der Waals surface area contributed by atoms with E-state index in [1.165, 1.54) is 38.8 Å². The van der Waals surface area contributed by atoms with Crippen LogP contribution in [0.2, 0.25) is 0 Å². The number of carbonyl (C=O) groups is 1. The summed E-state index contributed by atoms with van der Waals surface area (Å²) in [5, 5.41) is 6.85. The van der Waals surface area contributed by atoms with Gasteiger partial charge in [0.1, 0.15) is 6.17 Å². The second-order valence-electron chi connectivity index (χ2n) is 11.2. The average molecular weight is 451 g/mol. The third-order valence-electron chi connectivity index (χ3n) is 9.23. The number of halogens is 1. The van der Waals surface area contributed by atoms with Crippen LogP contribution in [-0.4, -0.2) is 91.5 Å². The summed E-state index contributed by atoms with van der Waals surface area (Å²) in [7, 11) is 0. The van der Waals surface area contributed by atoms with E-state index in [0.29, 0.717) is 30.8 Å². The Balaban J connectivity index is 1.09. The third kappa shape index (κ3) is 5.01. The van der Waals surface area contributed by atoms with Crippen LogP contribution in [0.15, 0.2) is 0 Å². The molecule has 7 atom stereocenters. The molecule has 5 rings (SSSR count). The van der Waals surface area contributed by atoms with Crippen LogP contribution < -0.4 is 10.6 Å². The molecule has 2 saturated carbocycles. The Labute approximate surface area is 193 Å². The van der Waals surface area contributed by atoms with Gasteiger partial charge in [-0.25, -0.2) is 4.39 Å². The molecular weight excluding hydrogens is 407 g/mol. The molecule has 1 amide bonds. The highest BCUT2D eigenvalue weighted by Gasteiger charge is 2.46. The van der Waals surface area contributed by atoms with Crippen molar-refractivity contribution < 1.29 is 13.9 Å². The summed E-state index contributed by atoms with van der Waals surface area (Å²) in [6.45, 7) is 8.49. The lowest BCUT2D eigenvalue weighted by molar-refractivity contribution is -0.124. The number of likely N-dealkylation sites (tertiary alicyclic amines) is 1. The number of nitrogens with one attached hydrogen (secondary N) is 2. The topological polar surface area (TPSA) is 56.8 Å². The molecule has 32 heavy (non-hydrogen) atoms. The molecule has 2 N–H and O–H groups in total. The second kappa shape index (κ2) is 10.2. The average Bonchev–Trinajstić information content (AvgIpc) is 3.30. The molecule has 5 aliphatic rings. The normalized spacial score (nSPS) is 42.5. The van der Waals surface area contributed by atoms with Crippen molar-refractivity contribution in [2.45, 2.75) is 101 Å². The fourth-order valence-corrected chi connectivity index (χ4v) is 7.29. The molecule has 7 unspecified atom stereocenters. The maximum absolute atomic E-state index is 14.4. The first-order valence-corrected chi connectivity index (χ1v) is 13.3. The molecule has 3 heterocycles. The van der Waals surface area contributed by atoms with E-state index in [9.17, 15) is 9.18 Å². The Morgan fingerprint density at radius 1 is 0.938 bits per heavy atom. The van der Waals surface area contributed by atoms with E-state index in [-0.39, 0.29) is 30.0 Å². The van der Waals surface area contributed by atoms with Gasteiger partial charge in [-0.05, 0) is 76.8 Å². The molecule has 0 spiro atoms. The zero-order chi connectivity index (χ0) is 22.1. The van der Waals surface area contributed by atoms with Gasteiger partial charge in [0.15, 0.2) is 0 Å². The Hall–Kier alpha value is -0.760. The lowest BCUT2D eigenvalue weighted by Crippen LogP contribution is -2.54. The van der Waals surface area contributed by atoms with Crippen molar-refractivity contribution >= 4 is 5.91 Å². The third-order valence-corrected chi connectivity index (χ3v) is 9.23. The predicted molar refractivity (Wildman–Crippen MR) is 123 cm³/mol. The Kier molecular flexibility index (Phi) is 7.36. The largest absolute Gasteiger partial charge is 0.379 e. The quantitative estimate of drug-likeness (QED) is 0.689. The number of hydrogen-bond acceptors (Lipinski definition) is 5. The molecule has 182 valence electrons. The maximum Gasteiger partial charge on any atom is 0.237 e. The number of piperidine rings is 1. The SMILES string of the molecule is CC1CCC(F)C2CC(C(=O)NC3CCCC(N4CCC(N5CCOCC5)CC4)C3)NC12. The van der Waals surface area contributed by atoms with Crippen molar-refractivity contribution in [2.24, 2.45) is 11.8 Å². The molecule has 0 aromatic rings. The van der Waals surface area contributed by atoms with Crippen LogP contribution in [-0.2, 0) is 9.53 Å². The van der Waals surface area contributed by atoms with Gasteiger partial charge in [0.25, 0.3) is 0 Å². The van der Waals surface area contributed by atoms with Gasteiger partial charge < -0.3 is 20.3 Å². The zero-order valence-corrected chi connectivity index (χ0v) is 19.8. The predicted octanol–water partition coefficient (Wildman–Crippen LogP) is 2.33. The van der Waals surface area contributed by atoms with Gasteiger partial charge in [-0.1, -0.05) is 6.92 Å². The van der Waals surface area contributed by atoms with E-state index < -0.39 is 6.17 Å². The fraction of sp³-hybridized carbons (Fsp3) is 0.960. The molecule has 5 fully saturated rings. The van der Waals surface area contributed by atoms with Crippen LogP contribution in [0.1, 0.15) is 64.7 Å². The van der Waals surface area contributed by atoms with Crippen molar-refractivity contribution in [1.82, 2.24) is 20.4 Å². The molecule has 2 aliphatic carbocycles. The summed E-state index contributed by atoms with van der Waals surface area (Å²) in [6, 6.07) is 1.53. The number of hydrogen-bond donors (Lipinski definition) is 2. The number of morpholine rings is 1. The van der Waals surface area contributed by atoms with Gasteiger partial charge in [-0.15, -0.1) is 0 Å².